The maximum Gasteiger partial charge on any atom is 0.317 e. The van der Waals surface area contributed by atoms with Gasteiger partial charge in [0.1, 0.15) is 0 Å². The van der Waals surface area contributed by atoms with E-state index in [0.717, 1.165) is 32.5 Å². The lowest BCUT2D eigenvalue weighted by molar-refractivity contribution is 0.00211. The van der Waals surface area contributed by atoms with Crippen LogP contribution in [0.2, 0.25) is 0 Å². The van der Waals surface area contributed by atoms with E-state index in [9.17, 15) is 4.79 Å². The molecule has 21 heavy (non-hydrogen) atoms. The summed E-state index contributed by atoms with van der Waals surface area (Å²) in [5, 5.41) is 3.00. The highest BCUT2D eigenvalue weighted by Crippen LogP contribution is 2.16. The zero-order valence-electron chi connectivity index (χ0n) is 13.2. The predicted octanol–water partition coefficient (Wildman–Crippen LogP) is 3.40. The van der Waals surface area contributed by atoms with Gasteiger partial charge in [0.05, 0.1) is 12.6 Å². The third kappa shape index (κ3) is 5.32. The van der Waals surface area contributed by atoms with Crippen LogP contribution in [0.3, 0.4) is 0 Å². The number of thiophene rings is 1. The summed E-state index contributed by atoms with van der Waals surface area (Å²) in [5.41, 5.74) is 0. The Morgan fingerprint density at radius 2 is 2.14 bits per heavy atom. The van der Waals surface area contributed by atoms with E-state index in [4.69, 9.17) is 4.74 Å². The van der Waals surface area contributed by atoms with Crippen molar-refractivity contribution in [3.8, 4) is 0 Å². The van der Waals surface area contributed by atoms with Crippen molar-refractivity contribution in [1.29, 1.82) is 0 Å². The highest BCUT2D eigenvalue weighted by molar-refractivity contribution is 7.11. The van der Waals surface area contributed by atoms with Crippen LogP contribution in [0, 0.1) is 12.8 Å². The second-order valence-electron chi connectivity index (χ2n) is 6.08. The minimum absolute atomic E-state index is 0.0448. The van der Waals surface area contributed by atoms with E-state index in [1.807, 2.05) is 4.90 Å². The quantitative estimate of drug-likeness (QED) is 0.905. The topological polar surface area (TPSA) is 41.6 Å². The number of rotatable bonds is 5. The Kier molecular flexibility index (Phi) is 6.06. The molecular formula is C16H26N2O2S. The number of carbonyl (C=O) groups is 1. The number of ether oxygens (including phenoxy) is 1. The van der Waals surface area contributed by atoms with E-state index in [1.165, 1.54) is 9.75 Å². The lowest BCUT2D eigenvalue weighted by Gasteiger charge is -2.32. The summed E-state index contributed by atoms with van der Waals surface area (Å²) < 4.78 is 5.85. The van der Waals surface area contributed by atoms with Crippen molar-refractivity contribution in [1.82, 2.24) is 10.2 Å². The minimum atomic E-state index is 0.0448. The fraction of sp³-hybridized carbons (Fsp3) is 0.688. The number of likely N-dealkylation sites (tertiary alicyclic amines) is 1. The Bertz CT molecular complexity index is 451. The number of nitrogens with one attached hydrogen (secondary N) is 1. The lowest BCUT2D eigenvalue weighted by Crippen LogP contribution is -2.45. The van der Waals surface area contributed by atoms with E-state index >= 15 is 0 Å². The van der Waals surface area contributed by atoms with Gasteiger partial charge < -0.3 is 15.0 Å². The minimum Gasteiger partial charge on any atom is -0.378 e. The molecule has 0 saturated carbocycles. The molecule has 0 aromatic carbocycles. The molecule has 0 atom stereocenters. The van der Waals surface area contributed by atoms with Crippen LogP contribution < -0.4 is 5.32 Å². The molecule has 2 heterocycles. The van der Waals surface area contributed by atoms with E-state index in [-0.39, 0.29) is 6.03 Å². The Morgan fingerprint density at radius 3 is 2.71 bits per heavy atom. The van der Waals surface area contributed by atoms with Crippen molar-refractivity contribution in [2.24, 2.45) is 5.92 Å². The van der Waals surface area contributed by atoms with Crippen molar-refractivity contribution < 1.29 is 9.53 Å². The van der Waals surface area contributed by atoms with Crippen LogP contribution in [-0.4, -0.2) is 36.7 Å². The molecule has 0 unspecified atom stereocenters. The number of hydrogen-bond acceptors (Lipinski definition) is 3. The zero-order chi connectivity index (χ0) is 15.2. The standard InChI is InChI=1S/C16H26N2O2S/c1-12(2)11-20-14-6-8-18(9-7-14)16(19)17-10-15-5-4-13(3)21-15/h4-5,12,14H,6-11H2,1-3H3,(H,17,19). The smallest absolute Gasteiger partial charge is 0.317 e. The third-order valence-corrected chi connectivity index (χ3v) is 4.60. The van der Waals surface area contributed by atoms with Crippen LogP contribution in [0.15, 0.2) is 12.1 Å². The summed E-state index contributed by atoms with van der Waals surface area (Å²) in [6.45, 7) is 9.42. The van der Waals surface area contributed by atoms with Gasteiger partial charge in [-0.15, -0.1) is 11.3 Å². The Hall–Kier alpha value is -1.07. The average Bonchev–Trinajstić information content (AvgIpc) is 2.89. The fourth-order valence-corrected chi connectivity index (χ4v) is 3.24. The monoisotopic (exact) mass is 310 g/mol. The van der Waals surface area contributed by atoms with E-state index in [0.29, 0.717) is 18.6 Å². The second kappa shape index (κ2) is 7.80. The first kappa shape index (κ1) is 16.3. The fourth-order valence-electron chi connectivity index (χ4n) is 2.41. The van der Waals surface area contributed by atoms with Gasteiger partial charge in [-0.2, -0.15) is 0 Å². The van der Waals surface area contributed by atoms with Crippen molar-refractivity contribution in [2.75, 3.05) is 19.7 Å². The third-order valence-electron chi connectivity index (χ3n) is 3.60. The van der Waals surface area contributed by atoms with Crippen LogP contribution in [-0.2, 0) is 11.3 Å². The number of hydrogen-bond donors (Lipinski definition) is 1. The van der Waals surface area contributed by atoms with Crippen molar-refractivity contribution in [3.63, 3.8) is 0 Å². The van der Waals surface area contributed by atoms with Crippen molar-refractivity contribution in [2.45, 2.75) is 46.3 Å². The highest BCUT2D eigenvalue weighted by atomic mass is 32.1. The van der Waals surface area contributed by atoms with Crippen LogP contribution >= 0.6 is 11.3 Å². The molecule has 0 aliphatic carbocycles. The van der Waals surface area contributed by atoms with E-state index < -0.39 is 0 Å². The molecule has 5 heteroatoms. The molecule has 118 valence electrons. The number of aryl methyl sites for hydroxylation is 1. The molecule has 2 amide bonds. The largest absolute Gasteiger partial charge is 0.378 e. The number of nitrogens with zero attached hydrogens (tertiary/aromatic N) is 1. The average molecular weight is 310 g/mol. The van der Waals surface area contributed by atoms with Crippen LogP contribution in [0.25, 0.3) is 0 Å². The summed E-state index contributed by atoms with van der Waals surface area (Å²) >= 11 is 1.73. The summed E-state index contributed by atoms with van der Waals surface area (Å²) in [5.74, 6) is 0.570. The molecular weight excluding hydrogens is 284 g/mol. The molecule has 1 aliphatic rings. The van der Waals surface area contributed by atoms with Gasteiger partial charge in [0, 0.05) is 29.5 Å². The molecule has 0 bridgehead atoms. The maximum absolute atomic E-state index is 12.1. The van der Waals surface area contributed by atoms with Gasteiger partial charge in [-0.05, 0) is 37.8 Å². The molecule has 1 aliphatic heterocycles. The number of amides is 2. The molecule has 1 aromatic rings. The zero-order valence-corrected chi connectivity index (χ0v) is 14.0. The Balaban J connectivity index is 1.68. The molecule has 2 rings (SSSR count). The van der Waals surface area contributed by atoms with Gasteiger partial charge in [0.2, 0.25) is 0 Å². The van der Waals surface area contributed by atoms with E-state index in [2.05, 4.69) is 38.2 Å². The normalized spacial score (nSPS) is 16.5. The summed E-state index contributed by atoms with van der Waals surface area (Å²) in [6, 6.07) is 4.21. The predicted molar refractivity (Wildman–Crippen MR) is 86.7 cm³/mol. The van der Waals surface area contributed by atoms with Gasteiger partial charge in [0.15, 0.2) is 0 Å². The first-order chi connectivity index (χ1) is 10.0. The SMILES string of the molecule is Cc1ccc(CNC(=O)N2CCC(OCC(C)C)CC2)s1. The maximum atomic E-state index is 12.1. The molecule has 1 saturated heterocycles. The molecule has 1 fully saturated rings. The molecule has 1 aromatic heterocycles. The first-order valence-corrected chi connectivity index (χ1v) is 8.56. The second-order valence-corrected chi connectivity index (χ2v) is 7.46. The first-order valence-electron chi connectivity index (χ1n) is 7.74. The number of piperidine rings is 1. The summed E-state index contributed by atoms with van der Waals surface area (Å²) in [6.07, 6.45) is 2.20. The lowest BCUT2D eigenvalue weighted by atomic mass is 10.1. The highest BCUT2D eigenvalue weighted by Gasteiger charge is 2.23. The number of urea groups is 1. The molecule has 0 spiro atoms. The van der Waals surface area contributed by atoms with Gasteiger partial charge in [-0.25, -0.2) is 4.79 Å². The van der Waals surface area contributed by atoms with Crippen molar-refractivity contribution >= 4 is 17.4 Å². The van der Waals surface area contributed by atoms with Gasteiger partial charge in [0.25, 0.3) is 0 Å². The Labute approximate surface area is 131 Å². The van der Waals surface area contributed by atoms with Gasteiger partial charge >= 0.3 is 6.03 Å². The number of carbonyl (C=O) groups excluding carboxylic acids is 1. The van der Waals surface area contributed by atoms with Gasteiger partial charge in [-0.3, -0.25) is 0 Å². The van der Waals surface area contributed by atoms with Crippen LogP contribution in [0.5, 0.6) is 0 Å². The van der Waals surface area contributed by atoms with Crippen LogP contribution in [0.1, 0.15) is 36.4 Å². The summed E-state index contributed by atoms with van der Waals surface area (Å²) in [4.78, 5) is 16.5. The Morgan fingerprint density at radius 1 is 1.43 bits per heavy atom. The van der Waals surface area contributed by atoms with E-state index in [1.54, 1.807) is 11.3 Å². The van der Waals surface area contributed by atoms with Gasteiger partial charge in [-0.1, -0.05) is 13.8 Å². The van der Waals surface area contributed by atoms with Crippen molar-refractivity contribution in [3.05, 3.63) is 21.9 Å². The van der Waals surface area contributed by atoms with Crippen LogP contribution in [0.4, 0.5) is 4.79 Å². The molecule has 0 radical (unpaired) electrons. The summed E-state index contributed by atoms with van der Waals surface area (Å²) in [7, 11) is 0. The molecule has 1 N–H and O–H groups in total. The molecule has 4 nitrogen and oxygen atoms in total.